The van der Waals surface area contributed by atoms with Crippen LogP contribution >= 0.6 is 27.5 Å². The largest absolute Gasteiger partial charge is 0.207 e. The maximum atomic E-state index is 13.7. The summed E-state index contributed by atoms with van der Waals surface area (Å²) in [5.74, 6) is -3.16. The highest BCUT2D eigenvalue weighted by atomic mass is 79.9. The van der Waals surface area contributed by atoms with Crippen molar-refractivity contribution in [1.82, 2.24) is 0 Å². The Balaban J connectivity index is 2.31. The van der Waals surface area contributed by atoms with E-state index in [2.05, 4.69) is 15.9 Å². The quantitative estimate of drug-likeness (QED) is 0.494. The normalized spacial score (nSPS) is 12.5. The Kier molecular flexibility index (Phi) is 4.70. The fourth-order valence-corrected chi connectivity index (χ4v) is 2.61. The topological polar surface area (TPSA) is 0 Å². The third-order valence-corrected chi connectivity index (χ3v) is 3.60. The second-order valence-corrected chi connectivity index (χ2v) is 5.63. The molecule has 0 saturated carbocycles. The molecule has 6 heteroatoms. The Bertz CT molecular complexity index is 622. The van der Waals surface area contributed by atoms with E-state index in [1.54, 1.807) is 0 Å². The lowest BCUT2D eigenvalue weighted by Gasteiger charge is -2.13. The molecule has 0 N–H and O–H groups in total. The molecular formula is C14H8BrClF4. The second kappa shape index (κ2) is 6.14. The number of halogens is 6. The van der Waals surface area contributed by atoms with Crippen LogP contribution in [0.1, 0.15) is 16.5 Å². The molecule has 2 aromatic carbocycles. The zero-order chi connectivity index (χ0) is 14.9. The standard InChI is InChI=1S/C14H8BrClF4/c15-8-4-12(19)14(13(20)5-8)10(16)3-7-1-2-9(17)6-11(7)18/h1-2,4-6,10H,3H2. The van der Waals surface area contributed by atoms with Crippen LogP contribution in [0, 0.1) is 23.3 Å². The first-order chi connectivity index (χ1) is 9.38. The first-order valence-corrected chi connectivity index (χ1v) is 6.84. The van der Waals surface area contributed by atoms with Gasteiger partial charge in [-0.2, -0.15) is 0 Å². The van der Waals surface area contributed by atoms with E-state index in [0.717, 1.165) is 18.2 Å². The molecule has 2 rings (SSSR count). The van der Waals surface area contributed by atoms with Gasteiger partial charge in [0.1, 0.15) is 23.3 Å². The van der Waals surface area contributed by atoms with Gasteiger partial charge in [-0.05, 0) is 30.2 Å². The van der Waals surface area contributed by atoms with Crippen LogP contribution in [-0.2, 0) is 6.42 Å². The fraction of sp³-hybridized carbons (Fsp3) is 0.143. The molecule has 0 aromatic heterocycles. The van der Waals surface area contributed by atoms with E-state index < -0.39 is 28.6 Å². The molecule has 0 aliphatic carbocycles. The summed E-state index contributed by atoms with van der Waals surface area (Å²) in [6, 6.07) is 5.13. The van der Waals surface area contributed by atoms with Crippen LogP contribution in [0.4, 0.5) is 17.6 Å². The third-order valence-electron chi connectivity index (χ3n) is 2.77. The Hall–Kier alpha value is -1.07. The lowest BCUT2D eigenvalue weighted by molar-refractivity contribution is 0.542. The summed E-state index contributed by atoms with van der Waals surface area (Å²) in [5.41, 5.74) is -0.244. The first-order valence-electron chi connectivity index (χ1n) is 5.61. The molecule has 0 spiro atoms. The van der Waals surface area contributed by atoms with Crippen molar-refractivity contribution in [3.05, 3.63) is 69.2 Å². The van der Waals surface area contributed by atoms with Gasteiger partial charge in [0.25, 0.3) is 0 Å². The van der Waals surface area contributed by atoms with Crippen LogP contribution in [0.3, 0.4) is 0 Å². The number of hydrogen-bond acceptors (Lipinski definition) is 0. The molecule has 0 saturated heterocycles. The van der Waals surface area contributed by atoms with Crippen LogP contribution < -0.4 is 0 Å². The molecular weight excluding hydrogens is 360 g/mol. The monoisotopic (exact) mass is 366 g/mol. The second-order valence-electron chi connectivity index (χ2n) is 4.19. The summed E-state index contributed by atoms with van der Waals surface area (Å²) in [7, 11) is 0. The van der Waals surface area contributed by atoms with Crippen molar-refractivity contribution < 1.29 is 17.6 Å². The molecule has 0 nitrogen and oxygen atoms in total. The molecule has 0 aliphatic heterocycles. The van der Waals surface area contributed by atoms with Crippen molar-refractivity contribution in [2.24, 2.45) is 0 Å². The number of benzene rings is 2. The Morgan fingerprint density at radius 2 is 1.55 bits per heavy atom. The predicted molar refractivity (Wildman–Crippen MR) is 72.7 cm³/mol. The van der Waals surface area contributed by atoms with Gasteiger partial charge in [-0.25, -0.2) is 17.6 Å². The van der Waals surface area contributed by atoms with Gasteiger partial charge in [0, 0.05) is 16.1 Å². The average molecular weight is 368 g/mol. The van der Waals surface area contributed by atoms with Crippen molar-refractivity contribution in [2.45, 2.75) is 11.8 Å². The van der Waals surface area contributed by atoms with Gasteiger partial charge in [0.15, 0.2) is 0 Å². The Morgan fingerprint density at radius 3 is 2.10 bits per heavy atom. The predicted octanol–water partition coefficient (Wildman–Crippen LogP) is 5.53. The number of alkyl halides is 1. The van der Waals surface area contributed by atoms with E-state index >= 15 is 0 Å². The molecule has 0 bridgehead atoms. The van der Waals surface area contributed by atoms with Gasteiger partial charge in [-0.15, -0.1) is 11.6 Å². The highest BCUT2D eigenvalue weighted by Crippen LogP contribution is 2.32. The Morgan fingerprint density at radius 1 is 0.950 bits per heavy atom. The summed E-state index contributed by atoms with van der Waals surface area (Å²) in [6.07, 6.45) is -0.150. The molecule has 0 aliphatic rings. The van der Waals surface area contributed by atoms with Gasteiger partial charge < -0.3 is 0 Å². The van der Waals surface area contributed by atoms with Crippen molar-refractivity contribution in [1.29, 1.82) is 0 Å². The summed E-state index contributed by atoms with van der Waals surface area (Å²) in [4.78, 5) is 0. The zero-order valence-corrected chi connectivity index (χ0v) is 12.3. The lowest BCUT2D eigenvalue weighted by atomic mass is 10.0. The lowest BCUT2D eigenvalue weighted by Crippen LogP contribution is -2.04. The molecule has 20 heavy (non-hydrogen) atoms. The first kappa shape index (κ1) is 15.3. The van der Waals surface area contributed by atoms with E-state index in [-0.39, 0.29) is 22.0 Å². The van der Waals surface area contributed by atoms with Gasteiger partial charge in [0.05, 0.1) is 5.38 Å². The van der Waals surface area contributed by atoms with Crippen LogP contribution in [0.15, 0.2) is 34.8 Å². The minimum Gasteiger partial charge on any atom is -0.207 e. The van der Waals surface area contributed by atoms with E-state index in [0.29, 0.717) is 6.07 Å². The van der Waals surface area contributed by atoms with Crippen molar-refractivity contribution >= 4 is 27.5 Å². The Labute approximate surface area is 126 Å². The highest BCUT2D eigenvalue weighted by molar-refractivity contribution is 9.10. The summed E-state index contributed by atoms with van der Waals surface area (Å²) in [6.45, 7) is 0. The van der Waals surface area contributed by atoms with E-state index in [4.69, 9.17) is 11.6 Å². The van der Waals surface area contributed by atoms with Gasteiger partial charge in [-0.1, -0.05) is 22.0 Å². The van der Waals surface area contributed by atoms with E-state index in [9.17, 15) is 17.6 Å². The fourth-order valence-electron chi connectivity index (χ4n) is 1.83. The van der Waals surface area contributed by atoms with Crippen molar-refractivity contribution in [3.8, 4) is 0 Å². The molecule has 106 valence electrons. The third kappa shape index (κ3) is 3.33. The van der Waals surface area contributed by atoms with E-state index in [1.807, 2.05) is 0 Å². The average Bonchev–Trinajstić information content (AvgIpc) is 2.31. The number of hydrogen-bond donors (Lipinski definition) is 0. The molecule has 0 amide bonds. The van der Waals surface area contributed by atoms with Gasteiger partial charge >= 0.3 is 0 Å². The van der Waals surface area contributed by atoms with Crippen LogP contribution in [0.5, 0.6) is 0 Å². The molecule has 0 fully saturated rings. The minimum absolute atomic E-state index is 0.0909. The maximum Gasteiger partial charge on any atom is 0.131 e. The summed E-state index contributed by atoms with van der Waals surface area (Å²) < 4.78 is 54.0. The number of rotatable bonds is 3. The van der Waals surface area contributed by atoms with Crippen LogP contribution in [0.25, 0.3) is 0 Å². The van der Waals surface area contributed by atoms with E-state index in [1.165, 1.54) is 6.07 Å². The molecule has 1 unspecified atom stereocenters. The molecule has 0 radical (unpaired) electrons. The zero-order valence-electron chi connectivity index (χ0n) is 9.94. The summed E-state index contributed by atoms with van der Waals surface area (Å²) >= 11 is 8.92. The summed E-state index contributed by atoms with van der Waals surface area (Å²) in [5, 5.41) is -1.09. The highest BCUT2D eigenvalue weighted by Gasteiger charge is 2.20. The smallest absolute Gasteiger partial charge is 0.131 e. The molecule has 1 atom stereocenters. The van der Waals surface area contributed by atoms with Gasteiger partial charge in [0.2, 0.25) is 0 Å². The van der Waals surface area contributed by atoms with Crippen molar-refractivity contribution in [3.63, 3.8) is 0 Å². The van der Waals surface area contributed by atoms with Crippen LogP contribution in [0.2, 0.25) is 0 Å². The molecule has 2 aromatic rings. The van der Waals surface area contributed by atoms with Gasteiger partial charge in [-0.3, -0.25) is 0 Å². The van der Waals surface area contributed by atoms with Crippen molar-refractivity contribution in [2.75, 3.05) is 0 Å². The SMILES string of the molecule is Fc1ccc(CC(Cl)c2c(F)cc(Br)cc2F)c(F)c1. The van der Waals surface area contributed by atoms with Crippen LogP contribution in [-0.4, -0.2) is 0 Å². The molecule has 0 heterocycles. The minimum atomic E-state index is -1.09. The maximum absolute atomic E-state index is 13.7.